The summed E-state index contributed by atoms with van der Waals surface area (Å²) in [5, 5.41) is 1.00. The van der Waals surface area contributed by atoms with Crippen LogP contribution in [0.3, 0.4) is 0 Å². The molecule has 96 valence electrons. The summed E-state index contributed by atoms with van der Waals surface area (Å²) < 4.78 is 14.8. The van der Waals surface area contributed by atoms with E-state index in [4.69, 9.17) is 5.73 Å². The lowest BCUT2D eigenvalue weighted by Crippen LogP contribution is -1.88. The average Bonchev–Trinajstić information content (AvgIpc) is 2.80. The smallest absolute Gasteiger partial charge is 0.138 e. The Morgan fingerprint density at radius 1 is 1.21 bits per heavy atom. The van der Waals surface area contributed by atoms with Crippen LogP contribution >= 0.6 is 23.1 Å². The van der Waals surface area contributed by atoms with E-state index >= 15 is 0 Å². The molecule has 3 aromatic rings. The summed E-state index contributed by atoms with van der Waals surface area (Å²) in [6.45, 7) is 0. The van der Waals surface area contributed by atoms with Gasteiger partial charge in [-0.25, -0.2) is 9.37 Å². The molecule has 0 bridgehead atoms. The van der Waals surface area contributed by atoms with Crippen LogP contribution in [0.25, 0.3) is 10.2 Å². The maximum Gasteiger partial charge on any atom is 0.138 e. The van der Waals surface area contributed by atoms with Crippen LogP contribution < -0.4 is 5.73 Å². The number of nitrogens with two attached hydrogens (primary N) is 1. The van der Waals surface area contributed by atoms with E-state index in [9.17, 15) is 4.39 Å². The summed E-state index contributed by atoms with van der Waals surface area (Å²) in [5.74, 6) is 0.395. The Kier molecular flexibility index (Phi) is 3.40. The summed E-state index contributed by atoms with van der Waals surface area (Å²) in [4.78, 5) is 5.13. The molecule has 0 aliphatic carbocycles. The number of thioether (sulfide) groups is 1. The second-order valence-electron chi connectivity index (χ2n) is 4.05. The number of thiazole rings is 1. The van der Waals surface area contributed by atoms with Crippen molar-refractivity contribution in [3.63, 3.8) is 0 Å². The third kappa shape index (κ3) is 2.72. The van der Waals surface area contributed by atoms with Gasteiger partial charge in [-0.2, -0.15) is 0 Å². The monoisotopic (exact) mass is 290 g/mol. The van der Waals surface area contributed by atoms with Crippen molar-refractivity contribution in [2.24, 2.45) is 0 Å². The third-order valence-electron chi connectivity index (χ3n) is 2.65. The number of nitrogen functional groups attached to an aromatic ring is 1. The van der Waals surface area contributed by atoms with E-state index in [1.807, 2.05) is 24.3 Å². The molecular formula is C14H11FN2S2. The molecule has 0 atom stereocenters. The van der Waals surface area contributed by atoms with Gasteiger partial charge in [-0.1, -0.05) is 12.1 Å². The molecule has 2 aromatic carbocycles. The van der Waals surface area contributed by atoms with E-state index in [0.717, 1.165) is 15.2 Å². The number of rotatable bonds is 3. The quantitative estimate of drug-likeness (QED) is 0.577. The molecule has 1 aromatic heterocycles. The van der Waals surface area contributed by atoms with Gasteiger partial charge in [0.2, 0.25) is 0 Å². The zero-order chi connectivity index (χ0) is 13.2. The number of anilines is 1. The molecule has 0 aliphatic rings. The van der Waals surface area contributed by atoms with E-state index in [-0.39, 0.29) is 5.82 Å². The minimum absolute atomic E-state index is 0.272. The Bertz CT molecular complexity index is 691. The van der Waals surface area contributed by atoms with Crippen LogP contribution in [0.1, 0.15) is 5.01 Å². The molecule has 0 fully saturated rings. The summed E-state index contributed by atoms with van der Waals surface area (Å²) in [7, 11) is 0. The van der Waals surface area contributed by atoms with Crippen molar-refractivity contribution >= 4 is 39.0 Å². The molecule has 3 rings (SSSR count). The molecule has 0 aliphatic heterocycles. The van der Waals surface area contributed by atoms with Gasteiger partial charge in [-0.05, 0) is 30.3 Å². The van der Waals surface area contributed by atoms with Crippen LogP contribution in [0.5, 0.6) is 0 Å². The molecule has 0 saturated heterocycles. The Hall–Kier alpha value is -1.59. The third-order valence-corrected chi connectivity index (χ3v) is 4.92. The van der Waals surface area contributed by atoms with Crippen molar-refractivity contribution in [2.75, 3.05) is 5.73 Å². The highest BCUT2D eigenvalue weighted by Crippen LogP contribution is 2.30. The minimum atomic E-state index is -0.272. The average molecular weight is 290 g/mol. The van der Waals surface area contributed by atoms with Crippen LogP contribution in [0, 0.1) is 5.82 Å². The van der Waals surface area contributed by atoms with Crippen LogP contribution in [0.4, 0.5) is 10.1 Å². The Morgan fingerprint density at radius 2 is 2.05 bits per heavy atom. The second kappa shape index (κ2) is 5.19. The summed E-state index contributed by atoms with van der Waals surface area (Å²) in [6.07, 6.45) is 0. The van der Waals surface area contributed by atoms with Crippen molar-refractivity contribution in [1.29, 1.82) is 0 Å². The van der Waals surface area contributed by atoms with Gasteiger partial charge in [0.05, 0.1) is 16.0 Å². The van der Waals surface area contributed by atoms with E-state index in [2.05, 4.69) is 4.98 Å². The summed E-state index contributed by atoms with van der Waals surface area (Å²) >= 11 is 3.09. The van der Waals surface area contributed by atoms with E-state index < -0.39 is 0 Å². The molecule has 2 N–H and O–H groups in total. The molecule has 0 amide bonds. The van der Waals surface area contributed by atoms with Gasteiger partial charge < -0.3 is 5.73 Å². The number of aromatic nitrogens is 1. The number of benzene rings is 2. The highest BCUT2D eigenvalue weighted by Gasteiger charge is 2.07. The van der Waals surface area contributed by atoms with Gasteiger partial charge in [0.15, 0.2) is 0 Å². The number of nitrogens with zero attached hydrogens (tertiary/aromatic N) is 1. The Balaban J connectivity index is 1.78. The SMILES string of the molecule is Nc1ccc(SCc2nc3ccccc3s2)c(F)c1. The number of hydrogen-bond donors (Lipinski definition) is 1. The fourth-order valence-electron chi connectivity index (χ4n) is 1.76. The number of halogens is 1. The molecule has 1 heterocycles. The predicted octanol–water partition coefficient (Wildman–Crippen LogP) is 4.31. The second-order valence-corrected chi connectivity index (χ2v) is 6.19. The molecule has 0 radical (unpaired) electrons. The molecule has 19 heavy (non-hydrogen) atoms. The standard InChI is InChI=1S/C14H11FN2S2/c15-10-7-9(16)5-6-12(10)18-8-14-17-11-3-1-2-4-13(11)19-14/h1-7H,8,16H2. The van der Waals surface area contributed by atoms with E-state index in [0.29, 0.717) is 16.3 Å². The molecule has 0 saturated carbocycles. The molecule has 2 nitrogen and oxygen atoms in total. The lowest BCUT2D eigenvalue weighted by molar-refractivity contribution is 0.603. The first-order valence-corrected chi connectivity index (χ1v) is 7.55. The van der Waals surface area contributed by atoms with Crippen LogP contribution in [-0.4, -0.2) is 4.98 Å². The zero-order valence-corrected chi connectivity index (χ0v) is 11.6. The highest BCUT2D eigenvalue weighted by atomic mass is 32.2. The number of hydrogen-bond acceptors (Lipinski definition) is 4. The number of fused-ring (bicyclic) bond motifs is 1. The van der Waals surface area contributed by atoms with Crippen LogP contribution in [0.15, 0.2) is 47.4 Å². The zero-order valence-electron chi connectivity index (χ0n) is 9.97. The molecular weight excluding hydrogens is 279 g/mol. The maximum atomic E-state index is 13.6. The van der Waals surface area contributed by atoms with Gasteiger partial charge in [-0.15, -0.1) is 23.1 Å². The van der Waals surface area contributed by atoms with Gasteiger partial charge in [0.1, 0.15) is 10.8 Å². The predicted molar refractivity (Wildman–Crippen MR) is 80.0 cm³/mol. The molecule has 0 spiro atoms. The van der Waals surface area contributed by atoms with Crippen molar-refractivity contribution in [3.8, 4) is 0 Å². The molecule has 0 unspecified atom stereocenters. The fraction of sp³-hybridized carbons (Fsp3) is 0.0714. The van der Waals surface area contributed by atoms with Crippen molar-refractivity contribution < 1.29 is 4.39 Å². The summed E-state index contributed by atoms with van der Waals surface area (Å²) in [6, 6.07) is 12.8. The van der Waals surface area contributed by atoms with Gasteiger partial charge >= 0.3 is 0 Å². The van der Waals surface area contributed by atoms with Crippen molar-refractivity contribution in [2.45, 2.75) is 10.6 Å². The van der Waals surface area contributed by atoms with E-state index in [1.165, 1.54) is 17.8 Å². The largest absolute Gasteiger partial charge is 0.399 e. The van der Waals surface area contributed by atoms with Gasteiger partial charge in [0, 0.05) is 10.6 Å². The van der Waals surface area contributed by atoms with Crippen LogP contribution in [0.2, 0.25) is 0 Å². The van der Waals surface area contributed by atoms with Gasteiger partial charge in [0.25, 0.3) is 0 Å². The Morgan fingerprint density at radius 3 is 2.84 bits per heavy atom. The minimum Gasteiger partial charge on any atom is -0.399 e. The van der Waals surface area contributed by atoms with Gasteiger partial charge in [-0.3, -0.25) is 0 Å². The van der Waals surface area contributed by atoms with Crippen LogP contribution in [-0.2, 0) is 5.75 Å². The molecule has 5 heteroatoms. The first-order chi connectivity index (χ1) is 9.22. The number of para-hydroxylation sites is 1. The normalized spacial score (nSPS) is 11.0. The fourth-order valence-corrected chi connectivity index (χ4v) is 3.64. The first kappa shape index (κ1) is 12.4. The lowest BCUT2D eigenvalue weighted by Gasteiger charge is -2.02. The highest BCUT2D eigenvalue weighted by molar-refractivity contribution is 7.98. The topological polar surface area (TPSA) is 38.9 Å². The Labute approximate surface area is 118 Å². The van der Waals surface area contributed by atoms with Crippen molar-refractivity contribution in [1.82, 2.24) is 4.98 Å². The lowest BCUT2D eigenvalue weighted by atomic mass is 10.3. The summed E-state index contributed by atoms with van der Waals surface area (Å²) in [5.41, 5.74) is 6.97. The maximum absolute atomic E-state index is 13.6. The van der Waals surface area contributed by atoms with Crippen molar-refractivity contribution in [3.05, 3.63) is 53.3 Å². The van der Waals surface area contributed by atoms with E-state index in [1.54, 1.807) is 23.5 Å². The first-order valence-electron chi connectivity index (χ1n) is 5.74.